The first-order valence-corrected chi connectivity index (χ1v) is 16.2. The molecule has 2 atom stereocenters. The summed E-state index contributed by atoms with van der Waals surface area (Å²) >= 11 is 0. The largest absolute Gasteiger partial charge is 0.440 e. The van der Waals surface area contributed by atoms with E-state index < -0.39 is 34.8 Å². The lowest BCUT2D eigenvalue weighted by Crippen LogP contribution is -2.63. The summed E-state index contributed by atoms with van der Waals surface area (Å²) < 4.78 is 44.2. The first-order valence-electron chi connectivity index (χ1n) is 16.2. The molecule has 6 aromatic carbocycles. The van der Waals surface area contributed by atoms with Crippen LogP contribution in [0.15, 0.2) is 169 Å². The topological polar surface area (TPSA) is 52.6 Å². The second-order valence-electron chi connectivity index (χ2n) is 12.5. The van der Waals surface area contributed by atoms with Crippen molar-refractivity contribution < 1.29 is 27.8 Å². The molecule has 2 aliphatic heterocycles. The molecule has 0 saturated heterocycles. The van der Waals surface area contributed by atoms with E-state index in [0.717, 1.165) is 22.3 Å². The molecule has 9 rings (SSSR count). The van der Waals surface area contributed by atoms with Crippen LogP contribution in [0.1, 0.15) is 54.1 Å². The van der Waals surface area contributed by atoms with Gasteiger partial charge in [0.1, 0.15) is 11.6 Å². The van der Waals surface area contributed by atoms with E-state index in [1.807, 2.05) is 121 Å². The Morgan fingerprint density at radius 3 is 1.02 bits per heavy atom. The second-order valence-corrected chi connectivity index (χ2v) is 12.5. The predicted molar refractivity (Wildman–Crippen MR) is 185 cm³/mol. The van der Waals surface area contributed by atoms with Gasteiger partial charge in [-0.2, -0.15) is 0 Å². The van der Waals surface area contributed by atoms with Crippen LogP contribution in [0.4, 0.5) is 8.78 Å². The van der Waals surface area contributed by atoms with Crippen molar-refractivity contribution in [3.8, 4) is 0 Å². The molecule has 0 unspecified atom stereocenters. The summed E-state index contributed by atoms with van der Waals surface area (Å²) in [6, 6.07) is 46.2. The van der Waals surface area contributed by atoms with Crippen LogP contribution in [0.5, 0.6) is 0 Å². The van der Waals surface area contributed by atoms with E-state index in [1.165, 1.54) is 36.4 Å². The first-order chi connectivity index (χ1) is 24.4. The minimum Gasteiger partial charge on any atom is -0.440 e. The molecule has 240 valence electrons. The van der Waals surface area contributed by atoms with E-state index in [9.17, 15) is 9.59 Å². The Morgan fingerprint density at radius 1 is 0.420 bits per heavy atom. The molecule has 0 N–H and O–H groups in total. The first kappa shape index (κ1) is 29.7. The van der Waals surface area contributed by atoms with Gasteiger partial charge >= 0.3 is 11.9 Å². The molecule has 50 heavy (non-hydrogen) atoms. The Balaban J connectivity index is 1.57. The molecule has 1 aliphatic carbocycles. The third-order valence-corrected chi connectivity index (χ3v) is 9.85. The lowest BCUT2D eigenvalue weighted by Gasteiger charge is -2.58. The number of carbonyl (C=O) groups is 2. The number of ether oxygens (including phenoxy) is 2. The third-order valence-electron chi connectivity index (χ3n) is 9.85. The van der Waals surface area contributed by atoms with Gasteiger partial charge in [-0.3, -0.25) is 0 Å². The number of halogens is 2. The maximum absolute atomic E-state index is 15.5. The van der Waals surface area contributed by atoms with Crippen LogP contribution in [-0.2, 0) is 20.7 Å². The monoisotopic (exact) mass is 656 g/mol. The molecule has 0 aromatic heterocycles. The number of rotatable bonds is 4. The maximum Gasteiger partial charge on any atom is 0.339 e. The van der Waals surface area contributed by atoms with Gasteiger partial charge in [0.05, 0.1) is 11.1 Å². The number of carbonyl (C=O) groups excluding carboxylic acids is 2. The molecular formula is C44H26F2O4. The summed E-state index contributed by atoms with van der Waals surface area (Å²) in [7, 11) is 0. The summed E-state index contributed by atoms with van der Waals surface area (Å²) in [6.45, 7) is 0. The van der Waals surface area contributed by atoms with E-state index in [0.29, 0.717) is 22.3 Å². The minimum atomic E-state index is -1.92. The van der Waals surface area contributed by atoms with Crippen molar-refractivity contribution in [3.63, 3.8) is 0 Å². The van der Waals surface area contributed by atoms with Gasteiger partial charge in [-0.15, -0.1) is 0 Å². The fourth-order valence-electron chi connectivity index (χ4n) is 7.94. The van der Waals surface area contributed by atoms with Crippen molar-refractivity contribution in [1.29, 1.82) is 0 Å². The van der Waals surface area contributed by atoms with Gasteiger partial charge in [0, 0.05) is 22.3 Å². The summed E-state index contributed by atoms with van der Waals surface area (Å²) in [5.74, 6) is -2.63. The van der Waals surface area contributed by atoms with E-state index in [1.54, 1.807) is 0 Å². The average molecular weight is 657 g/mol. The van der Waals surface area contributed by atoms with Gasteiger partial charge in [0.2, 0.25) is 11.2 Å². The zero-order chi connectivity index (χ0) is 34.0. The second kappa shape index (κ2) is 11.1. The van der Waals surface area contributed by atoms with E-state index >= 15 is 8.78 Å². The highest BCUT2D eigenvalue weighted by atomic mass is 19.1. The van der Waals surface area contributed by atoms with Crippen molar-refractivity contribution in [2.75, 3.05) is 0 Å². The highest BCUT2D eigenvalue weighted by molar-refractivity contribution is 6.07. The zero-order valence-corrected chi connectivity index (χ0v) is 26.4. The number of fused-ring (bicyclic) bond motifs is 5. The lowest BCUT2D eigenvalue weighted by atomic mass is 9.49. The maximum atomic E-state index is 15.5. The highest BCUT2D eigenvalue weighted by Crippen LogP contribution is 2.74. The Hall–Kier alpha value is -6.40. The Bertz CT molecular complexity index is 2170. The summed E-state index contributed by atoms with van der Waals surface area (Å²) in [5.41, 5.74) is 2.31. The molecule has 2 heterocycles. The van der Waals surface area contributed by atoms with E-state index in [4.69, 9.17) is 9.47 Å². The van der Waals surface area contributed by atoms with Crippen LogP contribution in [-0.4, -0.2) is 11.9 Å². The van der Waals surface area contributed by atoms with Crippen molar-refractivity contribution in [3.05, 3.63) is 225 Å². The molecule has 0 amide bonds. The molecule has 2 spiro atoms. The summed E-state index contributed by atoms with van der Waals surface area (Å²) in [4.78, 5) is 28.1. The number of benzene rings is 6. The van der Waals surface area contributed by atoms with E-state index in [-0.39, 0.29) is 22.3 Å². The molecule has 6 aromatic rings. The fourth-order valence-corrected chi connectivity index (χ4v) is 7.94. The van der Waals surface area contributed by atoms with Crippen LogP contribution in [0.3, 0.4) is 0 Å². The van der Waals surface area contributed by atoms with Crippen LogP contribution >= 0.6 is 0 Å². The van der Waals surface area contributed by atoms with Crippen LogP contribution in [0, 0.1) is 11.6 Å². The van der Waals surface area contributed by atoms with Gasteiger partial charge in [-0.25, -0.2) is 18.4 Å². The van der Waals surface area contributed by atoms with Gasteiger partial charge in [-0.1, -0.05) is 121 Å². The van der Waals surface area contributed by atoms with Crippen LogP contribution < -0.4 is 0 Å². The predicted octanol–water partition coefficient (Wildman–Crippen LogP) is 9.41. The average Bonchev–Trinajstić information content (AvgIpc) is 3.63. The minimum absolute atomic E-state index is 0.129. The smallest absolute Gasteiger partial charge is 0.339 e. The third kappa shape index (κ3) is 4.02. The molecule has 1 saturated carbocycles. The van der Waals surface area contributed by atoms with Crippen molar-refractivity contribution in [2.24, 2.45) is 0 Å². The lowest BCUT2D eigenvalue weighted by molar-refractivity contribution is -0.144. The standard InChI is InChI=1S/C44H26F2O4/c45-31-21-23-33-35(25-31)43(49-41(33)47)39(37(27-13-5-1-6-14-27)28-15-7-2-8-16-28)40(44(43)36-26-32(46)22-24-34(36)42(48)50-44)38(29-17-9-3-10-18-29)30-19-11-4-12-20-30/h1-26H/t43-,44-/m1/s1. The number of hydrogen-bond acceptors (Lipinski definition) is 4. The molecular weight excluding hydrogens is 630 g/mol. The fraction of sp³-hybridized carbons (Fsp3) is 0.0455. The Labute approximate surface area is 286 Å². The van der Waals surface area contributed by atoms with Crippen molar-refractivity contribution in [2.45, 2.75) is 11.2 Å². The van der Waals surface area contributed by atoms with Gasteiger partial charge in [-0.05, 0) is 69.8 Å². The molecule has 3 aliphatic rings. The Kier molecular flexibility index (Phi) is 6.58. The SMILES string of the molecule is O=C1O[C@@]2(C(=C(c3ccccc3)c3ccccc3)C(=C(c3ccccc3)c3ccccc3)[C@@]23OC(=O)c2ccc(F)cc23)c2cc(F)ccc21. The number of esters is 2. The zero-order valence-electron chi connectivity index (χ0n) is 26.4. The molecule has 0 radical (unpaired) electrons. The summed E-state index contributed by atoms with van der Waals surface area (Å²) in [6.07, 6.45) is 0. The van der Waals surface area contributed by atoms with Crippen molar-refractivity contribution in [1.82, 2.24) is 0 Å². The van der Waals surface area contributed by atoms with Gasteiger partial charge in [0.25, 0.3) is 0 Å². The van der Waals surface area contributed by atoms with E-state index in [2.05, 4.69) is 0 Å². The van der Waals surface area contributed by atoms with Gasteiger partial charge < -0.3 is 9.47 Å². The highest BCUT2D eigenvalue weighted by Gasteiger charge is 2.80. The van der Waals surface area contributed by atoms with Crippen LogP contribution in [0.25, 0.3) is 11.1 Å². The van der Waals surface area contributed by atoms with Crippen molar-refractivity contribution >= 4 is 23.1 Å². The van der Waals surface area contributed by atoms with Gasteiger partial charge in [0.15, 0.2) is 0 Å². The van der Waals surface area contributed by atoms with Crippen LogP contribution in [0.2, 0.25) is 0 Å². The molecule has 0 bridgehead atoms. The molecule has 6 heteroatoms. The summed E-state index contributed by atoms with van der Waals surface area (Å²) in [5, 5.41) is 0. The number of hydrogen-bond donors (Lipinski definition) is 0. The molecule has 4 nitrogen and oxygen atoms in total. The molecule has 1 fully saturated rings. The normalized spacial score (nSPS) is 19.9. The quantitative estimate of drug-likeness (QED) is 0.178. The Morgan fingerprint density at radius 2 is 0.720 bits per heavy atom.